The van der Waals surface area contributed by atoms with Gasteiger partial charge in [0.2, 0.25) is 5.91 Å². The first-order chi connectivity index (χ1) is 7.74. The van der Waals surface area contributed by atoms with Crippen molar-refractivity contribution in [3.8, 4) is 0 Å². The molecule has 0 radical (unpaired) electrons. The third-order valence-electron chi connectivity index (χ3n) is 2.63. The lowest BCUT2D eigenvalue weighted by atomic mass is 10.0. The van der Waals surface area contributed by atoms with Crippen LogP contribution in [0.15, 0.2) is 12.7 Å². The molecule has 0 aliphatic rings. The lowest BCUT2D eigenvalue weighted by Gasteiger charge is -2.14. The molecule has 0 saturated carbocycles. The summed E-state index contributed by atoms with van der Waals surface area (Å²) in [6.45, 7) is 9.74. The molecular weight excluding hydrogens is 202 g/mol. The fraction of sp³-hybridized carbons (Fsp3) is 0.769. The highest BCUT2D eigenvalue weighted by Gasteiger charge is 2.05. The largest absolute Gasteiger partial charge is 0.379 e. The molecule has 3 heteroatoms. The Balaban J connectivity index is 3.40. The number of hydrogen-bond acceptors (Lipinski definition) is 2. The molecule has 0 spiro atoms. The van der Waals surface area contributed by atoms with Crippen molar-refractivity contribution in [2.45, 2.75) is 39.5 Å². The van der Waals surface area contributed by atoms with E-state index in [0.29, 0.717) is 19.1 Å². The number of unbranched alkanes of at least 4 members (excludes halogenated alkanes) is 1. The van der Waals surface area contributed by atoms with Crippen molar-refractivity contribution in [2.24, 2.45) is 5.92 Å². The summed E-state index contributed by atoms with van der Waals surface area (Å²) in [6.07, 6.45) is 6.20. The standard InChI is InChI=1S/C13H25NO2/c1-4-7-8-12(5-2)11-16-10-9-14-13(15)6-3/h6,12H,3-5,7-11H2,1-2H3,(H,14,15). The molecule has 1 unspecified atom stereocenters. The van der Waals surface area contributed by atoms with Crippen LogP contribution in [0.2, 0.25) is 0 Å². The maximum Gasteiger partial charge on any atom is 0.243 e. The van der Waals surface area contributed by atoms with Crippen LogP contribution in [0.5, 0.6) is 0 Å². The van der Waals surface area contributed by atoms with E-state index in [9.17, 15) is 4.79 Å². The Morgan fingerprint density at radius 3 is 2.81 bits per heavy atom. The van der Waals surface area contributed by atoms with Gasteiger partial charge in [0.05, 0.1) is 6.61 Å². The molecule has 0 aromatic rings. The van der Waals surface area contributed by atoms with Crippen molar-refractivity contribution < 1.29 is 9.53 Å². The summed E-state index contributed by atoms with van der Waals surface area (Å²) >= 11 is 0. The Hall–Kier alpha value is -0.830. The molecule has 0 heterocycles. The van der Waals surface area contributed by atoms with Gasteiger partial charge in [-0.25, -0.2) is 0 Å². The zero-order valence-electron chi connectivity index (χ0n) is 10.6. The van der Waals surface area contributed by atoms with Gasteiger partial charge >= 0.3 is 0 Å². The molecule has 0 aliphatic carbocycles. The highest BCUT2D eigenvalue weighted by Crippen LogP contribution is 2.12. The molecule has 0 aromatic heterocycles. The molecule has 0 saturated heterocycles. The summed E-state index contributed by atoms with van der Waals surface area (Å²) in [5.74, 6) is 0.525. The van der Waals surface area contributed by atoms with Crippen molar-refractivity contribution in [3.63, 3.8) is 0 Å². The highest BCUT2D eigenvalue weighted by molar-refractivity contribution is 5.86. The third kappa shape index (κ3) is 8.48. The quantitative estimate of drug-likeness (QED) is 0.460. The lowest BCUT2D eigenvalue weighted by Crippen LogP contribution is -2.26. The predicted octanol–water partition coefficient (Wildman–Crippen LogP) is 2.52. The molecule has 1 atom stereocenters. The van der Waals surface area contributed by atoms with Gasteiger partial charge in [-0.15, -0.1) is 0 Å². The van der Waals surface area contributed by atoms with Gasteiger partial charge in [-0.1, -0.05) is 39.7 Å². The maximum absolute atomic E-state index is 10.8. The average Bonchev–Trinajstić information content (AvgIpc) is 2.32. The number of carbonyl (C=O) groups excluding carboxylic acids is 1. The van der Waals surface area contributed by atoms with E-state index in [1.807, 2.05) is 0 Å². The van der Waals surface area contributed by atoms with Crippen LogP contribution >= 0.6 is 0 Å². The van der Waals surface area contributed by atoms with E-state index in [1.54, 1.807) is 0 Å². The summed E-state index contributed by atoms with van der Waals surface area (Å²) in [4.78, 5) is 10.8. The third-order valence-corrected chi connectivity index (χ3v) is 2.63. The van der Waals surface area contributed by atoms with Crippen LogP contribution in [0.25, 0.3) is 0 Å². The van der Waals surface area contributed by atoms with Crippen LogP contribution in [-0.2, 0) is 9.53 Å². The first kappa shape index (κ1) is 15.2. The molecule has 0 aromatic carbocycles. The van der Waals surface area contributed by atoms with Crippen molar-refractivity contribution in [2.75, 3.05) is 19.8 Å². The summed E-state index contributed by atoms with van der Waals surface area (Å²) in [6, 6.07) is 0. The minimum atomic E-state index is -0.137. The normalized spacial score (nSPS) is 12.1. The minimum Gasteiger partial charge on any atom is -0.379 e. The maximum atomic E-state index is 10.8. The van der Waals surface area contributed by atoms with Crippen LogP contribution in [0.4, 0.5) is 0 Å². The second kappa shape index (κ2) is 10.7. The van der Waals surface area contributed by atoms with Crippen LogP contribution in [0.3, 0.4) is 0 Å². The monoisotopic (exact) mass is 227 g/mol. The van der Waals surface area contributed by atoms with E-state index >= 15 is 0 Å². The van der Waals surface area contributed by atoms with Gasteiger partial charge in [0.25, 0.3) is 0 Å². The number of carbonyl (C=O) groups is 1. The predicted molar refractivity (Wildman–Crippen MR) is 67.3 cm³/mol. The van der Waals surface area contributed by atoms with E-state index in [2.05, 4.69) is 25.7 Å². The van der Waals surface area contributed by atoms with Crippen LogP contribution < -0.4 is 5.32 Å². The lowest BCUT2D eigenvalue weighted by molar-refractivity contribution is -0.116. The molecular formula is C13H25NO2. The summed E-state index contributed by atoms with van der Waals surface area (Å²) in [5, 5.41) is 2.69. The Morgan fingerprint density at radius 2 is 2.25 bits per heavy atom. The van der Waals surface area contributed by atoms with Gasteiger partial charge in [-0.3, -0.25) is 4.79 Å². The smallest absolute Gasteiger partial charge is 0.243 e. The van der Waals surface area contributed by atoms with Crippen LogP contribution in [0, 0.1) is 5.92 Å². The van der Waals surface area contributed by atoms with E-state index in [1.165, 1.54) is 31.8 Å². The van der Waals surface area contributed by atoms with Gasteiger partial charge in [0.15, 0.2) is 0 Å². The fourth-order valence-electron chi connectivity index (χ4n) is 1.47. The molecule has 1 N–H and O–H groups in total. The van der Waals surface area contributed by atoms with Gasteiger partial charge in [0.1, 0.15) is 0 Å². The first-order valence-corrected chi connectivity index (χ1v) is 6.22. The van der Waals surface area contributed by atoms with E-state index < -0.39 is 0 Å². The fourth-order valence-corrected chi connectivity index (χ4v) is 1.47. The van der Waals surface area contributed by atoms with E-state index in [0.717, 1.165) is 6.61 Å². The van der Waals surface area contributed by atoms with Crippen molar-refractivity contribution in [3.05, 3.63) is 12.7 Å². The summed E-state index contributed by atoms with van der Waals surface area (Å²) < 4.78 is 5.53. The number of amides is 1. The molecule has 1 amide bonds. The van der Waals surface area contributed by atoms with Crippen molar-refractivity contribution in [1.82, 2.24) is 5.32 Å². The SMILES string of the molecule is C=CC(=O)NCCOCC(CC)CCCC. The van der Waals surface area contributed by atoms with Gasteiger partial charge < -0.3 is 10.1 Å². The topological polar surface area (TPSA) is 38.3 Å². The number of ether oxygens (including phenoxy) is 1. The van der Waals surface area contributed by atoms with E-state index in [-0.39, 0.29) is 5.91 Å². The number of rotatable bonds is 10. The molecule has 0 rings (SSSR count). The molecule has 0 aliphatic heterocycles. The molecule has 94 valence electrons. The van der Waals surface area contributed by atoms with Crippen LogP contribution in [-0.4, -0.2) is 25.7 Å². The summed E-state index contributed by atoms with van der Waals surface area (Å²) in [7, 11) is 0. The Kier molecular flexibility index (Phi) is 10.1. The van der Waals surface area contributed by atoms with Crippen molar-refractivity contribution >= 4 is 5.91 Å². The van der Waals surface area contributed by atoms with Gasteiger partial charge in [-0.2, -0.15) is 0 Å². The number of nitrogens with one attached hydrogen (secondary N) is 1. The Labute approximate surface area is 99.3 Å². The van der Waals surface area contributed by atoms with Crippen molar-refractivity contribution in [1.29, 1.82) is 0 Å². The number of hydrogen-bond donors (Lipinski definition) is 1. The highest BCUT2D eigenvalue weighted by atomic mass is 16.5. The zero-order valence-corrected chi connectivity index (χ0v) is 10.6. The average molecular weight is 227 g/mol. The first-order valence-electron chi connectivity index (χ1n) is 6.22. The second-order valence-corrected chi connectivity index (χ2v) is 3.99. The van der Waals surface area contributed by atoms with Gasteiger partial charge in [0, 0.05) is 13.2 Å². The van der Waals surface area contributed by atoms with Crippen LogP contribution in [0.1, 0.15) is 39.5 Å². The minimum absolute atomic E-state index is 0.137. The van der Waals surface area contributed by atoms with Gasteiger partial charge in [-0.05, 0) is 18.4 Å². The molecule has 3 nitrogen and oxygen atoms in total. The molecule has 16 heavy (non-hydrogen) atoms. The second-order valence-electron chi connectivity index (χ2n) is 3.99. The van der Waals surface area contributed by atoms with E-state index in [4.69, 9.17) is 4.74 Å². The Morgan fingerprint density at radius 1 is 1.50 bits per heavy atom. The zero-order chi connectivity index (χ0) is 12.2. The Bertz CT molecular complexity index is 192. The molecule has 0 bridgehead atoms. The summed E-state index contributed by atoms with van der Waals surface area (Å²) in [5.41, 5.74) is 0. The molecule has 0 fully saturated rings.